The van der Waals surface area contributed by atoms with E-state index in [-0.39, 0.29) is 0 Å². The maximum absolute atomic E-state index is 10.1. The monoisotopic (exact) mass is 327 g/mol. The average Bonchev–Trinajstić information content (AvgIpc) is 2.93. The van der Waals surface area contributed by atoms with E-state index in [0.29, 0.717) is 17.4 Å². The standard InChI is InChI=1S/C15H18ClNO3S/c1-19-11-3-4-13(20-2)10(7-11)8-17-9-12(18)14-5-6-15(16)21-14/h3-7,12,17-18H,8-9H2,1-2H3. The first-order chi connectivity index (χ1) is 10.1. The number of benzene rings is 1. The number of hydrogen-bond acceptors (Lipinski definition) is 5. The summed E-state index contributed by atoms with van der Waals surface area (Å²) in [4.78, 5) is 0.852. The molecule has 1 atom stereocenters. The van der Waals surface area contributed by atoms with E-state index in [2.05, 4.69) is 5.32 Å². The first kappa shape index (κ1) is 16.1. The summed E-state index contributed by atoms with van der Waals surface area (Å²) in [6, 6.07) is 9.26. The lowest BCUT2D eigenvalue weighted by Gasteiger charge is -2.13. The van der Waals surface area contributed by atoms with Gasteiger partial charge in [-0.05, 0) is 30.3 Å². The number of hydrogen-bond donors (Lipinski definition) is 2. The molecule has 1 aromatic heterocycles. The molecule has 0 aliphatic carbocycles. The van der Waals surface area contributed by atoms with Crippen LogP contribution in [0.15, 0.2) is 30.3 Å². The van der Waals surface area contributed by atoms with E-state index < -0.39 is 6.10 Å². The molecule has 0 saturated heterocycles. The van der Waals surface area contributed by atoms with Gasteiger partial charge in [-0.15, -0.1) is 11.3 Å². The van der Waals surface area contributed by atoms with Gasteiger partial charge in [0.05, 0.1) is 18.6 Å². The molecule has 6 heteroatoms. The molecule has 0 amide bonds. The van der Waals surface area contributed by atoms with Crippen LogP contribution >= 0.6 is 22.9 Å². The van der Waals surface area contributed by atoms with Gasteiger partial charge in [-0.1, -0.05) is 11.6 Å². The van der Waals surface area contributed by atoms with Crippen LogP contribution in [-0.2, 0) is 6.54 Å². The number of methoxy groups -OCH3 is 2. The smallest absolute Gasteiger partial charge is 0.123 e. The van der Waals surface area contributed by atoms with Gasteiger partial charge >= 0.3 is 0 Å². The van der Waals surface area contributed by atoms with Crippen molar-refractivity contribution in [3.05, 3.63) is 45.1 Å². The number of ether oxygens (including phenoxy) is 2. The highest BCUT2D eigenvalue weighted by atomic mass is 35.5. The summed E-state index contributed by atoms with van der Waals surface area (Å²) >= 11 is 7.25. The molecule has 2 N–H and O–H groups in total. The van der Waals surface area contributed by atoms with Crippen LogP contribution in [-0.4, -0.2) is 25.9 Å². The molecule has 2 aromatic rings. The van der Waals surface area contributed by atoms with Crippen LogP contribution in [0, 0.1) is 0 Å². The normalized spacial score (nSPS) is 12.2. The van der Waals surface area contributed by atoms with E-state index in [1.54, 1.807) is 20.3 Å². The van der Waals surface area contributed by atoms with Gasteiger partial charge in [-0.3, -0.25) is 0 Å². The molecule has 1 aromatic carbocycles. The molecule has 0 aliphatic rings. The second kappa shape index (κ2) is 7.66. The first-order valence-electron chi connectivity index (χ1n) is 6.49. The van der Waals surface area contributed by atoms with Gasteiger partial charge in [0.1, 0.15) is 17.6 Å². The van der Waals surface area contributed by atoms with Gasteiger partial charge in [0.15, 0.2) is 0 Å². The largest absolute Gasteiger partial charge is 0.497 e. The van der Waals surface area contributed by atoms with E-state index in [9.17, 15) is 5.11 Å². The van der Waals surface area contributed by atoms with Crippen LogP contribution in [0.1, 0.15) is 16.5 Å². The molecule has 0 saturated carbocycles. The molecule has 114 valence electrons. The van der Waals surface area contributed by atoms with Crippen LogP contribution in [0.25, 0.3) is 0 Å². The fourth-order valence-corrected chi connectivity index (χ4v) is 3.02. The van der Waals surface area contributed by atoms with Crippen molar-refractivity contribution in [2.24, 2.45) is 0 Å². The van der Waals surface area contributed by atoms with Crippen LogP contribution in [0.5, 0.6) is 11.5 Å². The minimum atomic E-state index is -0.570. The van der Waals surface area contributed by atoms with Crippen molar-refractivity contribution >= 4 is 22.9 Å². The number of thiophene rings is 1. The number of aliphatic hydroxyl groups excluding tert-OH is 1. The zero-order chi connectivity index (χ0) is 15.2. The molecule has 0 fully saturated rings. The zero-order valence-electron chi connectivity index (χ0n) is 11.9. The van der Waals surface area contributed by atoms with Crippen molar-refractivity contribution in [3.63, 3.8) is 0 Å². The molecular formula is C15H18ClNO3S. The lowest BCUT2D eigenvalue weighted by Crippen LogP contribution is -2.20. The topological polar surface area (TPSA) is 50.7 Å². The predicted molar refractivity (Wildman–Crippen MR) is 85.5 cm³/mol. The quantitative estimate of drug-likeness (QED) is 0.819. The SMILES string of the molecule is COc1ccc(OC)c(CNCC(O)c2ccc(Cl)s2)c1. The van der Waals surface area contributed by atoms with Crippen molar-refractivity contribution in [1.82, 2.24) is 5.32 Å². The number of halogens is 1. The fraction of sp³-hybridized carbons (Fsp3) is 0.333. The van der Waals surface area contributed by atoms with E-state index >= 15 is 0 Å². The summed E-state index contributed by atoms with van der Waals surface area (Å²) in [6.45, 7) is 1.02. The van der Waals surface area contributed by atoms with Crippen LogP contribution < -0.4 is 14.8 Å². The first-order valence-corrected chi connectivity index (χ1v) is 7.68. The zero-order valence-corrected chi connectivity index (χ0v) is 13.5. The number of rotatable bonds is 7. The Morgan fingerprint density at radius 1 is 1.24 bits per heavy atom. The summed E-state index contributed by atoms with van der Waals surface area (Å²) in [6.07, 6.45) is -0.570. The fourth-order valence-electron chi connectivity index (χ4n) is 1.97. The summed E-state index contributed by atoms with van der Waals surface area (Å²) in [5, 5.41) is 13.3. The van der Waals surface area contributed by atoms with E-state index in [4.69, 9.17) is 21.1 Å². The van der Waals surface area contributed by atoms with Gasteiger partial charge in [0.2, 0.25) is 0 Å². The highest BCUT2D eigenvalue weighted by molar-refractivity contribution is 7.16. The Labute approximate surface area is 133 Å². The van der Waals surface area contributed by atoms with Gasteiger partial charge < -0.3 is 19.9 Å². The lowest BCUT2D eigenvalue weighted by atomic mass is 10.2. The second-order valence-corrected chi connectivity index (χ2v) is 6.21. The van der Waals surface area contributed by atoms with Gasteiger partial charge in [-0.25, -0.2) is 0 Å². The van der Waals surface area contributed by atoms with E-state index in [1.165, 1.54) is 11.3 Å². The third kappa shape index (κ3) is 4.35. The third-order valence-electron chi connectivity index (χ3n) is 3.06. The maximum atomic E-state index is 10.1. The molecule has 1 heterocycles. The molecular weight excluding hydrogens is 310 g/mol. The summed E-state index contributed by atoms with van der Waals surface area (Å²) in [5.74, 6) is 1.56. The Hall–Kier alpha value is -1.27. The number of nitrogens with one attached hydrogen (secondary N) is 1. The minimum Gasteiger partial charge on any atom is -0.497 e. The van der Waals surface area contributed by atoms with Crippen LogP contribution in [0.2, 0.25) is 4.34 Å². The Bertz CT molecular complexity index is 588. The van der Waals surface area contributed by atoms with Crippen molar-refractivity contribution in [3.8, 4) is 11.5 Å². The Kier molecular flexibility index (Phi) is 5.87. The second-order valence-electron chi connectivity index (χ2n) is 4.47. The van der Waals surface area contributed by atoms with E-state index in [0.717, 1.165) is 21.9 Å². The molecule has 1 unspecified atom stereocenters. The van der Waals surface area contributed by atoms with Crippen LogP contribution in [0.3, 0.4) is 0 Å². The highest BCUT2D eigenvalue weighted by Crippen LogP contribution is 2.27. The van der Waals surface area contributed by atoms with Gasteiger partial charge in [-0.2, -0.15) is 0 Å². The Morgan fingerprint density at radius 2 is 2.05 bits per heavy atom. The van der Waals surface area contributed by atoms with Crippen molar-refractivity contribution in [1.29, 1.82) is 0 Å². The molecule has 2 rings (SSSR count). The Morgan fingerprint density at radius 3 is 2.67 bits per heavy atom. The number of aliphatic hydroxyl groups is 1. The molecule has 0 spiro atoms. The molecule has 21 heavy (non-hydrogen) atoms. The summed E-state index contributed by atoms with van der Waals surface area (Å²) in [7, 11) is 3.26. The highest BCUT2D eigenvalue weighted by Gasteiger charge is 2.11. The molecule has 4 nitrogen and oxygen atoms in total. The van der Waals surface area contributed by atoms with Gasteiger partial charge in [0.25, 0.3) is 0 Å². The molecule has 0 bridgehead atoms. The molecule has 0 radical (unpaired) electrons. The predicted octanol–water partition coefficient (Wildman–Crippen LogP) is 3.24. The van der Waals surface area contributed by atoms with Crippen molar-refractivity contribution in [2.45, 2.75) is 12.6 Å². The van der Waals surface area contributed by atoms with Crippen molar-refractivity contribution in [2.75, 3.05) is 20.8 Å². The summed E-state index contributed by atoms with van der Waals surface area (Å²) in [5.41, 5.74) is 0.980. The van der Waals surface area contributed by atoms with Gasteiger partial charge in [0, 0.05) is 23.5 Å². The molecule has 0 aliphatic heterocycles. The summed E-state index contributed by atoms with van der Waals surface area (Å²) < 4.78 is 11.2. The van der Waals surface area contributed by atoms with Crippen LogP contribution in [0.4, 0.5) is 0 Å². The average molecular weight is 328 g/mol. The van der Waals surface area contributed by atoms with Crippen molar-refractivity contribution < 1.29 is 14.6 Å². The maximum Gasteiger partial charge on any atom is 0.123 e. The third-order valence-corrected chi connectivity index (χ3v) is 4.40. The van der Waals surface area contributed by atoms with E-state index in [1.807, 2.05) is 24.3 Å². The lowest BCUT2D eigenvalue weighted by molar-refractivity contribution is 0.178. The minimum absolute atomic E-state index is 0.442. The Balaban J connectivity index is 1.93.